The number of aromatic nitrogens is 2. The molecular weight excluding hydrogens is 390 g/mol. The number of rotatable bonds is 5. The van der Waals surface area contributed by atoms with E-state index in [-0.39, 0.29) is 0 Å². The normalized spacial score (nSPS) is 12.7. The molecule has 1 aromatic carbocycles. The van der Waals surface area contributed by atoms with Crippen LogP contribution in [0.5, 0.6) is 0 Å². The van der Waals surface area contributed by atoms with Crippen molar-refractivity contribution in [3.8, 4) is 17.2 Å². The van der Waals surface area contributed by atoms with Crippen molar-refractivity contribution in [3.05, 3.63) is 52.3 Å². The molecule has 2 heterocycles. The Labute approximate surface area is 183 Å². The summed E-state index contributed by atoms with van der Waals surface area (Å²) in [6.07, 6.45) is -1.17. The highest BCUT2D eigenvalue weighted by atomic mass is 16.5. The Balaban J connectivity index is 2.48. The Bertz CT molecular complexity index is 1190. The van der Waals surface area contributed by atoms with Gasteiger partial charge in [0.1, 0.15) is 5.65 Å². The minimum Gasteiger partial charge on any atom is -0.479 e. The lowest BCUT2D eigenvalue weighted by molar-refractivity contribution is -0.160. The van der Waals surface area contributed by atoms with Crippen molar-refractivity contribution >= 4 is 17.0 Å². The van der Waals surface area contributed by atoms with Crippen LogP contribution in [0.15, 0.2) is 24.3 Å². The molecule has 0 saturated heterocycles. The lowest BCUT2D eigenvalue weighted by Gasteiger charge is -2.28. The molecule has 3 rings (SSSR count). The fraction of sp³-hybridized carbons (Fsp3) is 0.400. The fourth-order valence-corrected chi connectivity index (χ4v) is 4.10. The van der Waals surface area contributed by atoms with Crippen molar-refractivity contribution in [1.82, 2.24) is 9.55 Å². The zero-order chi connectivity index (χ0) is 23.1. The number of aryl methyl sites for hydroxylation is 3. The Hall–Kier alpha value is -3.17. The van der Waals surface area contributed by atoms with Gasteiger partial charge in [0.05, 0.1) is 17.2 Å². The van der Waals surface area contributed by atoms with E-state index < -0.39 is 17.7 Å². The number of benzene rings is 1. The van der Waals surface area contributed by atoms with E-state index in [1.165, 1.54) is 0 Å². The number of nitriles is 1. The van der Waals surface area contributed by atoms with Crippen LogP contribution in [0, 0.1) is 32.1 Å². The molecule has 0 radical (unpaired) electrons. The summed E-state index contributed by atoms with van der Waals surface area (Å²) < 4.78 is 8.17. The quantitative estimate of drug-likeness (QED) is 0.593. The number of ether oxygens (including phenoxy) is 1. The van der Waals surface area contributed by atoms with E-state index in [0.29, 0.717) is 16.8 Å². The predicted octanol–water partition coefficient (Wildman–Crippen LogP) is 5.46. The lowest BCUT2D eigenvalue weighted by atomic mass is 9.90. The van der Waals surface area contributed by atoms with Gasteiger partial charge < -0.3 is 14.4 Å². The maximum atomic E-state index is 12.4. The lowest BCUT2D eigenvalue weighted by Crippen LogP contribution is -2.28. The molecule has 162 valence electrons. The summed E-state index contributed by atoms with van der Waals surface area (Å²) in [5.74, 6) is -1.06. The van der Waals surface area contributed by atoms with Gasteiger partial charge in [0.2, 0.25) is 0 Å². The number of carboxylic acids is 1. The molecule has 6 nitrogen and oxygen atoms in total. The van der Waals surface area contributed by atoms with Gasteiger partial charge in [0, 0.05) is 34.4 Å². The second-order valence-electron chi connectivity index (χ2n) is 8.78. The topological polar surface area (TPSA) is 88.1 Å². The Morgan fingerprint density at radius 3 is 2.32 bits per heavy atom. The largest absolute Gasteiger partial charge is 0.479 e. The molecule has 1 N–H and O–H groups in total. The molecule has 3 aromatic rings. The number of nitrogens with zero attached hydrogens (tertiary/aromatic N) is 3. The first-order chi connectivity index (χ1) is 14.5. The third-order valence-corrected chi connectivity index (χ3v) is 5.56. The molecule has 2 aromatic heterocycles. The maximum absolute atomic E-state index is 12.4. The molecule has 0 aliphatic heterocycles. The van der Waals surface area contributed by atoms with Gasteiger partial charge in [0.15, 0.2) is 6.10 Å². The zero-order valence-electron chi connectivity index (χ0n) is 19.2. The van der Waals surface area contributed by atoms with Crippen molar-refractivity contribution in [3.63, 3.8) is 0 Å². The van der Waals surface area contributed by atoms with Gasteiger partial charge in [-0.3, -0.25) is 0 Å². The van der Waals surface area contributed by atoms with Gasteiger partial charge in [0.25, 0.3) is 0 Å². The van der Waals surface area contributed by atoms with Crippen LogP contribution in [0.2, 0.25) is 0 Å². The van der Waals surface area contributed by atoms with Gasteiger partial charge in [-0.15, -0.1) is 0 Å². The van der Waals surface area contributed by atoms with E-state index in [1.807, 2.05) is 46.8 Å². The Morgan fingerprint density at radius 1 is 1.23 bits per heavy atom. The van der Waals surface area contributed by atoms with Crippen LogP contribution in [0.1, 0.15) is 61.9 Å². The number of aliphatic carboxylic acids is 1. The molecule has 0 spiro atoms. The highest BCUT2D eigenvalue weighted by Gasteiger charge is 2.33. The second-order valence-corrected chi connectivity index (χ2v) is 8.78. The number of hydrogen-bond donors (Lipinski definition) is 1. The highest BCUT2D eigenvalue weighted by Crippen LogP contribution is 2.42. The van der Waals surface area contributed by atoms with Crippen LogP contribution in [-0.4, -0.2) is 26.2 Å². The summed E-state index contributed by atoms with van der Waals surface area (Å²) in [4.78, 5) is 17.2. The van der Waals surface area contributed by atoms with Crippen LogP contribution >= 0.6 is 0 Å². The number of carboxylic acid groups (broad SMARTS) is 1. The molecule has 0 amide bonds. The van der Waals surface area contributed by atoms with E-state index in [0.717, 1.165) is 40.0 Å². The first kappa shape index (κ1) is 22.5. The minimum absolute atomic E-state index is 0.548. The van der Waals surface area contributed by atoms with Gasteiger partial charge in [-0.25, -0.2) is 9.78 Å². The summed E-state index contributed by atoms with van der Waals surface area (Å²) in [5, 5.41) is 20.3. The average Bonchev–Trinajstić information content (AvgIpc) is 2.94. The molecule has 1 atom stereocenters. The van der Waals surface area contributed by atoms with Gasteiger partial charge >= 0.3 is 5.97 Å². The fourth-order valence-electron chi connectivity index (χ4n) is 4.10. The molecule has 0 fully saturated rings. The molecule has 0 saturated carbocycles. The van der Waals surface area contributed by atoms with Crippen molar-refractivity contribution in [2.45, 2.75) is 66.7 Å². The summed E-state index contributed by atoms with van der Waals surface area (Å²) in [5.41, 5.74) is 5.69. The third-order valence-electron chi connectivity index (χ3n) is 5.56. The van der Waals surface area contributed by atoms with E-state index in [1.54, 1.807) is 12.1 Å². The molecule has 0 aliphatic rings. The van der Waals surface area contributed by atoms with Crippen molar-refractivity contribution in [2.75, 3.05) is 0 Å². The minimum atomic E-state index is -1.17. The average molecular weight is 420 g/mol. The summed E-state index contributed by atoms with van der Waals surface area (Å²) >= 11 is 0. The SMILES string of the molecule is CCn1c(C)c(C)c2c(-c3ccc(C#N)cc3)c(C(OC(C)(C)C)C(=O)O)c(C)nc21. The van der Waals surface area contributed by atoms with Gasteiger partial charge in [-0.1, -0.05) is 12.1 Å². The molecule has 0 bridgehead atoms. The van der Waals surface area contributed by atoms with Crippen LogP contribution < -0.4 is 0 Å². The summed E-state index contributed by atoms with van der Waals surface area (Å²) in [7, 11) is 0. The predicted molar refractivity (Wildman–Crippen MR) is 121 cm³/mol. The summed E-state index contributed by atoms with van der Waals surface area (Å²) in [6, 6.07) is 9.37. The van der Waals surface area contributed by atoms with Crippen LogP contribution in [0.25, 0.3) is 22.2 Å². The third kappa shape index (κ3) is 4.06. The first-order valence-corrected chi connectivity index (χ1v) is 10.4. The number of fused-ring (bicyclic) bond motifs is 1. The van der Waals surface area contributed by atoms with Crippen LogP contribution in [0.4, 0.5) is 0 Å². The van der Waals surface area contributed by atoms with Gasteiger partial charge in [-0.2, -0.15) is 5.26 Å². The monoisotopic (exact) mass is 419 g/mol. The molecule has 31 heavy (non-hydrogen) atoms. The first-order valence-electron chi connectivity index (χ1n) is 10.4. The Kier molecular flexibility index (Phi) is 5.93. The molecule has 1 unspecified atom stereocenters. The van der Waals surface area contributed by atoms with E-state index >= 15 is 0 Å². The Morgan fingerprint density at radius 2 is 1.84 bits per heavy atom. The van der Waals surface area contributed by atoms with Crippen LogP contribution in [-0.2, 0) is 16.1 Å². The van der Waals surface area contributed by atoms with E-state index in [2.05, 4.69) is 24.5 Å². The maximum Gasteiger partial charge on any atom is 0.337 e. The molecular formula is C25H29N3O3. The van der Waals surface area contributed by atoms with Crippen molar-refractivity contribution in [1.29, 1.82) is 5.26 Å². The standard InChI is InChI=1S/C25H29N3O3/c1-8-28-16(4)14(2)19-21(18-11-9-17(13-26)10-12-18)20(15(3)27-23(19)28)22(24(29)30)31-25(5,6)7/h9-12,22H,8H2,1-7H3,(H,29,30). The number of carbonyl (C=O) groups is 1. The van der Waals surface area contributed by atoms with Crippen LogP contribution in [0.3, 0.4) is 0 Å². The molecule has 6 heteroatoms. The zero-order valence-corrected chi connectivity index (χ0v) is 19.2. The second kappa shape index (κ2) is 8.16. The van der Waals surface area contributed by atoms with Crippen molar-refractivity contribution < 1.29 is 14.6 Å². The van der Waals surface area contributed by atoms with E-state index in [9.17, 15) is 15.2 Å². The smallest absolute Gasteiger partial charge is 0.337 e. The van der Waals surface area contributed by atoms with E-state index in [4.69, 9.17) is 9.72 Å². The highest BCUT2D eigenvalue weighted by molar-refractivity contribution is 6.00. The number of pyridine rings is 1. The number of hydrogen-bond acceptors (Lipinski definition) is 4. The molecule has 0 aliphatic carbocycles. The van der Waals surface area contributed by atoms with Gasteiger partial charge in [-0.05, 0) is 71.7 Å². The summed E-state index contributed by atoms with van der Waals surface area (Å²) in [6.45, 7) is 14.3. The van der Waals surface area contributed by atoms with Crippen molar-refractivity contribution in [2.24, 2.45) is 0 Å².